The highest BCUT2D eigenvalue weighted by molar-refractivity contribution is 7.84. The summed E-state index contributed by atoms with van der Waals surface area (Å²) < 4.78 is 11.0. The second kappa shape index (κ2) is 9.77. The number of hydrogen-bond donors (Lipinski definition) is 3. The number of carboxylic acids is 1. The zero-order chi connectivity index (χ0) is 14.8. The Kier molecular flexibility index (Phi) is 9.20. The molecule has 0 bridgehead atoms. The number of nitrogens with one attached hydrogen (secondary N) is 2. The zero-order valence-corrected chi connectivity index (χ0v) is 12.6. The lowest BCUT2D eigenvalue weighted by atomic mass is 10.0. The molecule has 0 spiro atoms. The van der Waals surface area contributed by atoms with Gasteiger partial charge in [0.1, 0.15) is 0 Å². The molecule has 19 heavy (non-hydrogen) atoms. The number of carbonyl (C=O) groups excluding carboxylic acids is 1. The van der Waals surface area contributed by atoms with Gasteiger partial charge in [0, 0.05) is 41.8 Å². The monoisotopic (exact) mass is 292 g/mol. The van der Waals surface area contributed by atoms with Gasteiger partial charge in [0.05, 0.1) is 0 Å². The molecular formula is C12H24N2O4S. The van der Waals surface area contributed by atoms with Crippen LogP contribution in [-0.2, 0) is 15.6 Å². The van der Waals surface area contributed by atoms with Crippen molar-refractivity contribution in [2.24, 2.45) is 5.92 Å². The number of rotatable bonds is 9. The molecule has 6 nitrogen and oxygen atoms in total. The topological polar surface area (TPSA) is 95.5 Å². The van der Waals surface area contributed by atoms with E-state index in [2.05, 4.69) is 10.6 Å². The standard InChI is InChI=1S/C12H24N2O4S/c1-9(4-5-11(15)16)6-7-13-12(17)14-10(2)8-19(3)18/h9-10H,4-8H2,1-3H3,(H,15,16)(H2,13,14,17). The summed E-state index contributed by atoms with van der Waals surface area (Å²) in [5, 5.41) is 13.9. The number of hydrogen-bond acceptors (Lipinski definition) is 3. The minimum Gasteiger partial charge on any atom is -0.481 e. The fourth-order valence-corrected chi connectivity index (χ4v) is 2.40. The zero-order valence-electron chi connectivity index (χ0n) is 11.8. The van der Waals surface area contributed by atoms with Crippen LogP contribution in [0.2, 0.25) is 0 Å². The second-order valence-electron chi connectivity index (χ2n) is 4.87. The van der Waals surface area contributed by atoms with Crippen LogP contribution in [0, 0.1) is 5.92 Å². The molecule has 0 radical (unpaired) electrons. The first-order valence-corrected chi connectivity index (χ1v) is 8.10. The summed E-state index contributed by atoms with van der Waals surface area (Å²) in [6, 6.07) is -0.404. The van der Waals surface area contributed by atoms with E-state index in [1.807, 2.05) is 6.92 Å². The van der Waals surface area contributed by atoms with E-state index in [9.17, 15) is 13.8 Å². The highest BCUT2D eigenvalue weighted by atomic mass is 32.2. The second-order valence-corrected chi connectivity index (χ2v) is 6.35. The lowest BCUT2D eigenvalue weighted by Gasteiger charge is -2.14. The number of aliphatic carboxylic acids is 1. The fraction of sp³-hybridized carbons (Fsp3) is 0.833. The highest BCUT2D eigenvalue weighted by Crippen LogP contribution is 2.08. The van der Waals surface area contributed by atoms with Gasteiger partial charge in [-0.15, -0.1) is 0 Å². The molecule has 3 N–H and O–H groups in total. The van der Waals surface area contributed by atoms with Gasteiger partial charge < -0.3 is 15.7 Å². The van der Waals surface area contributed by atoms with E-state index in [1.165, 1.54) is 0 Å². The van der Waals surface area contributed by atoms with Crippen LogP contribution in [0.1, 0.15) is 33.1 Å². The van der Waals surface area contributed by atoms with Gasteiger partial charge in [0.15, 0.2) is 0 Å². The molecule has 112 valence electrons. The Morgan fingerprint density at radius 1 is 1.26 bits per heavy atom. The van der Waals surface area contributed by atoms with Crippen molar-refractivity contribution in [3.8, 4) is 0 Å². The van der Waals surface area contributed by atoms with E-state index in [1.54, 1.807) is 13.2 Å². The van der Waals surface area contributed by atoms with Crippen molar-refractivity contribution in [2.75, 3.05) is 18.6 Å². The van der Waals surface area contributed by atoms with Crippen LogP contribution in [-0.4, -0.2) is 45.9 Å². The van der Waals surface area contributed by atoms with Crippen LogP contribution in [0.4, 0.5) is 4.79 Å². The van der Waals surface area contributed by atoms with Crippen molar-refractivity contribution in [1.29, 1.82) is 0 Å². The van der Waals surface area contributed by atoms with Gasteiger partial charge in [-0.25, -0.2) is 4.79 Å². The van der Waals surface area contributed by atoms with E-state index in [0.717, 1.165) is 6.42 Å². The summed E-state index contributed by atoms with van der Waals surface area (Å²) in [6.07, 6.45) is 3.12. The Balaban J connectivity index is 3.67. The molecular weight excluding hydrogens is 268 g/mol. The summed E-state index contributed by atoms with van der Waals surface area (Å²) in [7, 11) is -0.930. The van der Waals surface area contributed by atoms with Crippen LogP contribution >= 0.6 is 0 Å². The molecule has 0 aliphatic rings. The van der Waals surface area contributed by atoms with Gasteiger partial charge >= 0.3 is 12.0 Å². The van der Waals surface area contributed by atoms with Gasteiger partial charge in [-0.3, -0.25) is 9.00 Å². The van der Waals surface area contributed by atoms with E-state index in [-0.39, 0.29) is 24.4 Å². The molecule has 0 aliphatic heterocycles. The molecule has 0 saturated carbocycles. The molecule has 7 heteroatoms. The largest absolute Gasteiger partial charge is 0.481 e. The summed E-state index contributed by atoms with van der Waals surface area (Å²) in [6.45, 7) is 4.27. The molecule has 0 heterocycles. The first-order valence-electron chi connectivity index (χ1n) is 6.37. The Labute approximate surface area is 116 Å². The summed E-state index contributed by atoms with van der Waals surface area (Å²) >= 11 is 0. The van der Waals surface area contributed by atoms with Crippen LogP contribution in [0.15, 0.2) is 0 Å². The quantitative estimate of drug-likeness (QED) is 0.589. The van der Waals surface area contributed by atoms with Gasteiger partial charge in [0.2, 0.25) is 0 Å². The predicted molar refractivity (Wildman–Crippen MR) is 75.6 cm³/mol. The summed E-state index contributed by atoms with van der Waals surface area (Å²) in [5.41, 5.74) is 0. The van der Waals surface area contributed by atoms with Crippen molar-refractivity contribution in [1.82, 2.24) is 10.6 Å². The average Bonchev–Trinajstić information content (AvgIpc) is 2.24. The highest BCUT2D eigenvalue weighted by Gasteiger charge is 2.09. The van der Waals surface area contributed by atoms with Crippen molar-refractivity contribution >= 4 is 22.8 Å². The van der Waals surface area contributed by atoms with Gasteiger partial charge in [-0.2, -0.15) is 0 Å². The summed E-state index contributed by atoms with van der Waals surface area (Å²) in [4.78, 5) is 21.9. The molecule has 0 saturated heterocycles. The molecule has 3 atom stereocenters. The Morgan fingerprint density at radius 3 is 2.42 bits per heavy atom. The van der Waals surface area contributed by atoms with Gasteiger partial charge in [-0.05, 0) is 25.7 Å². The van der Waals surface area contributed by atoms with Gasteiger partial charge in [-0.1, -0.05) is 6.92 Å². The Morgan fingerprint density at radius 2 is 1.89 bits per heavy atom. The van der Waals surface area contributed by atoms with Crippen molar-refractivity contribution in [3.63, 3.8) is 0 Å². The Bertz CT molecular complexity index is 323. The fourth-order valence-electron chi connectivity index (χ4n) is 1.61. The molecule has 2 amide bonds. The van der Waals surface area contributed by atoms with Crippen LogP contribution in [0.3, 0.4) is 0 Å². The van der Waals surface area contributed by atoms with E-state index >= 15 is 0 Å². The van der Waals surface area contributed by atoms with Crippen molar-refractivity contribution in [3.05, 3.63) is 0 Å². The minimum absolute atomic E-state index is 0.129. The number of amides is 2. The SMILES string of the molecule is CC(CCNC(=O)NC(C)CS(C)=O)CCC(=O)O. The molecule has 0 rings (SSSR count). The van der Waals surface area contributed by atoms with Crippen molar-refractivity contribution in [2.45, 2.75) is 39.2 Å². The maximum Gasteiger partial charge on any atom is 0.315 e. The number of carbonyl (C=O) groups is 2. The van der Waals surface area contributed by atoms with Gasteiger partial charge in [0.25, 0.3) is 0 Å². The first-order chi connectivity index (χ1) is 8.81. The molecule has 0 aromatic heterocycles. The van der Waals surface area contributed by atoms with Crippen LogP contribution < -0.4 is 10.6 Å². The maximum absolute atomic E-state index is 11.5. The first kappa shape index (κ1) is 17.9. The lowest BCUT2D eigenvalue weighted by molar-refractivity contribution is -0.137. The van der Waals surface area contributed by atoms with Crippen molar-refractivity contribution < 1.29 is 18.9 Å². The molecule has 0 aliphatic carbocycles. The average molecular weight is 292 g/mol. The maximum atomic E-state index is 11.5. The van der Waals surface area contributed by atoms with Crippen LogP contribution in [0.5, 0.6) is 0 Å². The molecule has 0 aromatic carbocycles. The third-order valence-electron chi connectivity index (χ3n) is 2.64. The van der Waals surface area contributed by atoms with E-state index < -0.39 is 16.8 Å². The smallest absolute Gasteiger partial charge is 0.315 e. The molecule has 3 unspecified atom stereocenters. The van der Waals surface area contributed by atoms with E-state index in [4.69, 9.17) is 5.11 Å². The van der Waals surface area contributed by atoms with E-state index in [0.29, 0.717) is 18.7 Å². The predicted octanol–water partition coefficient (Wildman–Crippen LogP) is 0.944. The number of carboxylic acid groups (broad SMARTS) is 1. The molecule has 0 aromatic rings. The molecule has 0 fully saturated rings. The normalized spacial score (nSPS) is 15.3. The number of urea groups is 1. The third-order valence-corrected chi connectivity index (χ3v) is 3.61. The third kappa shape index (κ3) is 11.7. The lowest BCUT2D eigenvalue weighted by Crippen LogP contribution is -2.43. The minimum atomic E-state index is -0.930. The summed E-state index contributed by atoms with van der Waals surface area (Å²) in [5.74, 6) is -0.0986. The van der Waals surface area contributed by atoms with Crippen LogP contribution in [0.25, 0.3) is 0 Å². The Hall–Kier alpha value is -1.11.